The Morgan fingerprint density at radius 2 is 1.70 bits per heavy atom. The van der Waals surface area contributed by atoms with E-state index in [9.17, 15) is 9.50 Å². The molecule has 33 heavy (non-hydrogen) atoms. The molecular weight excluding hydrogens is 417 g/mol. The summed E-state index contributed by atoms with van der Waals surface area (Å²) in [7, 11) is 4.02. The van der Waals surface area contributed by atoms with E-state index in [0.29, 0.717) is 24.5 Å². The molecule has 1 aromatic heterocycles. The van der Waals surface area contributed by atoms with Crippen LogP contribution in [0.2, 0.25) is 0 Å². The van der Waals surface area contributed by atoms with Gasteiger partial charge in [0.25, 0.3) is 0 Å². The number of aliphatic hydroxyl groups is 1. The van der Waals surface area contributed by atoms with Gasteiger partial charge in [-0.1, -0.05) is 24.3 Å². The standard InChI is InChI=1S/C26H34FN5O/c1-32(2)25-22-6-3-4-7-23(22)30-26(31-25)29-21-15-13-20(14-16-21)28-17-5-8-24(33)18-9-11-19(27)12-10-18/h3-4,6-7,9-12,20-21,24,28,33H,5,8,13-17H2,1-2H3,(H,29,30,31)/t20-,21+,24?. The fourth-order valence-corrected chi connectivity index (χ4v) is 4.54. The fraction of sp³-hybridized carbons (Fsp3) is 0.462. The molecule has 6 nitrogen and oxygen atoms in total. The second kappa shape index (κ2) is 10.9. The van der Waals surface area contributed by atoms with Gasteiger partial charge in [-0.15, -0.1) is 0 Å². The first-order valence-electron chi connectivity index (χ1n) is 11.9. The van der Waals surface area contributed by atoms with Crippen LogP contribution in [-0.2, 0) is 0 Å². The Bertz CT molecular complexity index is 1030. The van der Waals surface area contributed by atoms with E-state index in [1.807, 2.05) is 37.2 Å². The second-order valence-corrected chi connectivity index (χ2v) is 9.14. The average Bonchev–Trinajstić information content (AvgIpc) is 2.82. The second-order valence-electron chi connectivity index (χ2n) is 9.14. The Morgan fingerprint density at radius 1 is 1.00 bits per heavy atom. The molecule has 1 heterocycles. The number of hydrogen-bond donors (Lipinski definition) is 3. The lowest BCUT2D eigenvalue weighted by atomic mass is 9.91. The van der Waals surface area contributed by atoms with E-state index >= 15 is 0 Å². The largest absolute Gasteiger partial charge is 0.388 e. The lowest BCUT2D eigenvalue weighted by Gasteiger charge is -2.30. The molecule has 176 valence electrons. The van der Waals surface area contributed by atoms with Crippen LogP contribution in [0.4, 0.5) is 16.2 Å². The number of nitrogens with one attached hydrogen (secondary N) is 2. The maximum Gasteiger partial charge on any atom is 0.225 e. The van der Waals surface area contributed by atoms with Crippen LogP contribution in [0, 0.1) is 5.82 Å². The molecule has 1 aliphatic rings. The van der Waals surface area contributed by atoms with Gasteiger partial charge >= 0.3 is 0 Å². The van der Waals surface area contributed by atoms with Gasteiger partial charge in [0.15, 0.2) is 0 Å². The first kappa shape index (κ1) is 23.4. The van der Waals surface area contributed by atoms with Crippen LogP contribution in [0.1, 0.15) is 50.2 Å². The van der Waals surface area contributed by atoms with Crippen LogP contribution in [-0.4, -0.2) is 47.8 Å². The number of para-hydroxylation sites is 1. The summed E-state index contributed by atoms with van der Waals surface area (Å²) in [4.78, 5) is 11.5. The van der Waals surface area contributed by atoms with Gasteiger partial charge in [0.1, 0.15) is 11.6 Å². The van der Waals surface area contributed by atoms with E-state index in [2.05, 4.69) is 16.7 Å². The first-order chi connectivity index (χ1) is 16.0. The molecule has 0 bridgehead atoms. The summed E-state index contributed by atoms with van der Waals surface area (Å²) in [6, 6.07) is 15.1. The van der Waals surface area contributed by atoms with Gasteiger partial charge in [0.05, 0.1) is 11.6 Å². The predicted octanol–water partition coefficient (Wildman–Crippen LogP) is 4.66. The molecule has 0 radical (unpaired) electrons. The van der Waals surface area contributed by atoms with Gasteiger partial charge in [-0.3, -0.25) is 0 Å². The molecule has 7 heteroatoms. The number of anilines is 2. The third kappa shape index (κ3) is 6.18. The highest BCUT2D eigenvalue weighted by Gasteiger charge is 2.22. The monoisotopic (exact) mass is 451 g/mol. The van der Waals surface area contributed by atoms with Gasteiger partial charge in [-0.2, -0.15) is 4.98 Å². The summed E-state index contributed by atoms with van der Waals surface area (Å²) in [6.45, 7) is 0.876. The number of rotatable bonds is 9. The summed E-state index contributed by atoms with van der Waals surface area (Å²) in [5.74, 6) is 1.35. The van der Waals surface area contributed by atoms with Gasteiger partial charge in [0.2, 0.25) is 5.95 Å². The molecule has 1 saturated carbocycles. The molecule has 4 rings (SSSR count). The maximum atomic E-state index is 13.0. The minimum Gasteiger partial charge on any atom is -0.388 e. The Labute approximate surface area is 195 Å². The highest BCUT2D eigenvalue weighted by Crippen LogP contribution is 2.26. The van der Waals surface area contributed by atoms with E-state index in [0.717, 1.165) is 60.9 Å². The van der Waals surface area contributed by atoms with Crippen molar-refractivity contribution in [2.75, 3.05) is 30.9 Å². The van der Waals surface area contributed by atoms with Crippen molar-refractivity contribution in [3.8, 4) is 0 Å². The fourth-order valence-electron chi connectivity index (χ4n) is 4.54. The Kier molecular flexibility index (Phi) is 7.73. The minimum absolute atomic E-state index is 0.275. The predicted molar refractivity (Wildman–Crippen MR) is 132 cm³/mol. The van der Waals surface area contributed by atoms with E-state index < -0.39 is 6.10 Å². The molecule has 1 aliphatic carbocycles. The maximum absolute atomic E-state index is 13.0. The number of benzene rings is 2. The van der Waals surface area contributed by atoms with Crippen LogP contribution in [0.15, 0.2) is 48.5 Å². The van der Waals surface area contributed by atoms with Gasteiger partial charge in [-0.05, 0) is 74.9 Å². The highest BCUT2D eigenvalue weighted by molar-refractivity contribution is 5.90. The summed E-state index contributed by atoms with van der Waals surface area (Å²) in [5, 5.41) is 18.5. The molecule has 0 aliphatic heterocycles. The number of halogens is 1. The topological polar surface area (TPSA) is 73.3 Å². The highest BCUT2D eigenvalue weighted by atomic mass is 19.1. The van der Waals surface area contributed by atoms with Crippen molar-refractivity contribution in [3.05, 3.63) is 59.9 Å². The van der Waals surface area contributed by atoms with E-state index in [1.165, 1.54) is 12.1 Å². The quantitative estimate of drug-likeness (QED) is 0.411. The molecule has 1 atom stereocenters. The van der Waals surface area contributed by atoms with Crippen molar-refractivity contribution in [1.29, 1.82) is 0 Å². The summed E-state index contributed by atoms with van der Waals surface area (Å²) in [5.41, 5.74) is 1.73. The van der Waals surface area contributed by atoms with E-state index in [4.69, 9.17) is 9.97 Å². The van der Waals surface area contributed by atoms with Gasteiger partial charge < -0.3 is 20.6 Å². The van der Waals surface area contributed by atoms with Crippen LogP contribution in [0.3, 0.4) is 0 Å². The zero-order valence-electron chi connectivity index (χ0n) is 19.5. The van der Waals surface area contributed by atoms with Crippen LogP contribution >= 0.6 is 0 Å². The van der Waals surface area contributed by atoms with Crippen LogP contribution < -0.4 is 15.5 Å². The summed E-state index contributed by atoms with van der Waals surface area (Å²) >= 11 is 0. The van der Waals surface area contributed by atoms with Crippen LogP contribution in [0.5, 0.6) is 0 Å². The molecule has 1 fully saturated rings. The zero-order chi connectivity index (χ0) is 23.2. The van der Waals surface area contributed by atoms with Crippen molar-refractivity contribution in [1.82, 2.24) is 15.3 Å². The van der Waals surface area contributed by atoms with Gasteiger partial charge in [0, 0.05) is 31.6 Å². The van der Waals surface area contributed by atoms with E-state index in [1.54, 1.807) is 12.1 Å². The molecule has 0 saturated heterocycles. The third-order valence-corrected chi connectivity index (χ3v) is 6.41. The molecule has 2 aromatic carbocycles. The summed E-state index contributed by atoms with van der Waals surface area (Å²) < 4.78 is 13.0. The van der Waals surface area contributed by atoms with Crippen molar-refractivity contribution >= 4 is 22.7 Å². The van der Waals surface area contributed by atoms with Gasteiger partial charge in [-0.25, -0.2) is 9.37 Å². The lowest BCUT2D eigenvalue weighted by Crippen LogP contribution is -2.37. The van der Waals surface area contributed by atoms with Crippen molar-refractivity contribution in [3.63, 3.8) is 0 Å². The van der Waals surface area contributed by atoms with Crippen molar-refractivity contribution < 1.29 is 9.50 Å². The van der Waals surface area contributed by atoms with Crippen molar-refractivity contribution in [2.45, 2.75) is 56.7 Å². The molecule has 1 unspecified atom stereocenters. The third-order valence-electron chi connectivity index (χ3n) is 6.41. The average molecular weight is 452 g/mol. The zero-order valence-corrected chi connectivity index (χ0v) is 19.5. The summed E-state index contributed by atoms with van der Waals surface area (Å²) in [6.07, 6.45) is 5.37. The minimum atomic E-state index is -0.540. The lowest BCUT2D eigenvalue weighted by molar-refractivity contribution is 0.163. The molecule has 0 spiro atoms. The van der Waals surface area contributed by atoms with E-state index in [-0.39, 0.29) is 5.82 Å². The number of hydrogen-bond acceptors (Lipinski definition) is 6. The molecule has 0 amide bonds. The molecule has 3 N–H and O–H groups in total. The van der Waals surface area contributed by atoms with Crippen LogP contribution in [0.25, 0.3) is 10.9 Å². The smallest absolute Gasteiger partial charge is 0.225 e. The number of aromatic nitrogens is 2. The molecule has 3 aromatic rings. The molecular formula is C26H34FN5O. The Morgan fingerprint density at radius 3 is 2.42 bits per heavy atom. The SMILES string of the molecule is CN(C)c1nc(N[C@H]2CC[C@@H](NCCCC(O)c3ccc(F)cc3)CC2)nc2ccccc12. The number of nitrogens with zero attached hydrogens (tertiary/aromatic N) is 3. The number of aliphatic hydroxyl groups excluding tert-OH is 1. The Hall–Kier alpha value is -2.77. The Balaban J connectivity index is 1.21. The normalized spacial score (nSPS) is 19.4. The first-order valence-corrected chi connectivity index (χ1v) is 11.9. The van der Waals surface area contributed by atoms with Crippen molar-refractivity contribution in [2.24, 2.45) is 0 Å². The number of fused-ring (bicyclic) bond motifs is 1.